The molecule has 0 aliphatic heterocycles. The summed E-state index contributed by atoms with van der Waals surface area (Å²) in [6, 6.07) is 18.1. The second-order valence-electron chi connectivity index (χ2n) is 5.87. The van der Waals surface area contributed by atoms with Gasteiger partial charge in [0.15, 0.2) is 0 Å². The van der Waals surface area contributed by atoms with E-state index in [1.807, 2.05) is 74.5 Å². The van der Waals surface area contributed by atoms with E-state index in [9.17, 15) is 9.59 Å². The molecule has 2 atom stereocenters. The number of likely N-dealkylation sites (N-methyl/N-ethyl adjacent to an activating group) is 1. The average molecular weight is 572 g/mol. The number of halogens is 2. The molecule has 2 rings (SSSR count). The third-order valence-electron chi connectivity index (χ3n) is 4.17. The Kier molecular flexibility index (Phi) is 20.0. The van der Waals surface area contributed by atoms with Gasteiger partial charge in [0.2, 0.25) is 5.91 Å². The first kappa shape index (κ1) is 32.6. The molecule has 1 radical (unpaired) electrons. The van der Waals surface area contributed by atoms with E-state index in [1.165, 1.54) is 0 Å². The fourth-order valence-electron chi connectivity index (χ4n) is 2.42. The number of hydrogen-bond donors (Lipinski definition) is 2. The smallest absolute Gasteiger partial charge is 0.310 e. The van der Waals surface area contributed by atoms with Crippen molar-refractivity contribution in [1.82, 2.24) is 4.90 Å². The van der Waals surface area contributed by atoms with Gasteiger partial charge in [0.25, 0.3) is 0 Å². The van der Waals surface area contributed by atoms with Crippen molar-refractivity contribution in [2.75, 3.05) is 13.1 Å². The Morgan fingerprint density at radius 3 is 1.66 bits per heavy atom. The molecule has 2 aromatic rings. The second-order valence-corrected chi connectivity index (χ2v) is 5.87. The van der Waals surface area contributed by atoms with Crippen LogP contribution < -0.4 is 5.73 Å². The number of carbonyl (C=O) groups excluding carboxylic acids is 1. The van der Waals surface area contributed by atoms with Gasteiger partial charge in [0.1, 0.15) is 6.04 Å². The van der Waals surface area contributed by atoms with Crippen LogP contribution in [0.5, 0.6) is 0 Å². The molecule has 0 fully saturated rings. The number of benzene rings is 2. The third kappa shape index (κ3) is 11.1. The number of rotatable bonds is 6. The monoisotopic (exact) mass is 571 g/mol. The largest absolute Gasteiger partial charge is 0.481 e. The zero-order valence-electron chi connectivity index (χ0n) is 16.9. The topological polar surface area (TPSA) is 83.6 Å². The number of carboxylic acids is 1. The minimum absolute atomic E-state index is 0. The van der Waals surface area contributed by atoms with Crippen molar-refractivity contribution in [3.8, 4) is 0 Å². The van der Waals surface area contributed by atoms with Gasteiger partial charge in [-0.2, -0.15) is 0 Å². The van der Waals surface area contributed by atoms with E-state index in [2.05, 4.69) is 0 Å². The summed E-state index contributed by atoms with van der Waals surface area (Å²) in [5, 5.41) is 8.64. The molecule has 161 valence electrons. The first-order chi connectivity index (χ1) is 12.4. The Balaban J connectivity index is -0.000000437. The minimum atomic E-state index is -0.781. The normalized spacial score (nSPS) is 11.0. The summed E-state index contributed by atoms with van der Waals surface area (Å²) in [6.07, 6.45) is 0. The zero-order chi connectivity index (χ0) is 19.5. The minimum Gasteiger partial charge on any atom is -0.481 e. The van der Waals surface area contributed by atoms with Crippen LogP contribution in [0.3, 0.4) is 0 Å². The summed E-state index contributed by atoms with van der Waals surface area (Å²) in [4.78, 5) is 24.2. The van der Waals surface area contributed by atoms with Gasteiger partial charge in [0.05, 0.1) is 5.92 Å². The molecule has 5 nitrogen and oxygen atoms in total. The van der Waals surface area contributed by atoms with Crippen molar-refractivity contribution in [3.05, 3.63) is 71.8 Å². The van der Waals surface area contributed by atoms with Crippen LogP contribution in [0.2, 0.25) is 0 Å². The predicted octanol–water partition coefficient (Wildman–Crippen LogP) is 4.47. The molecule has 0 saturated carbocycles. The first-order valence-corrected chi connectivity index (χ1v) is 8.79. The van der Waals surface area contributed by atoms with E-state index in [0.717, 1.165) is 11.1 Å². The van der Waals surface area contributed by atoms with Crippen LogP contribution in [-0.4, -0.2) is 35.0 Å². The van der Waals surface area contributed by atoms with Gasteiger partial charge in [-0.05, 0) is 31.9 Å². The van der Waals surface area contributed by atoms with Crippen LogP contribution >= 0.6 is 36.4 Å². The van der Waals surface area contributed by atoms with Gasteiger partial charge in [-0.25, -0.2) is 0 Å². The van der Waals surface area contributed by atoms with Crippen molar-refractivity contribution < 1.29 is 33.3 Å². The number of aliphatic carboxylic acids is 1. The van der Waals surface area contributed by atoms with Crippen molar-refractivity contribution in [3.63, 3.8) is 0 Å². The molecule has 0 heterocycles. The molecular formula is C21H30ClIN2O3V. The van der Waals surface area contributed by atoms with Crippen LogP contribution in [0.1, 0.15) is 43.9 Å². The van der Waals surface area contributed by atoms with E-state index in [4.69, 9.17) is 10.8 Å². The molecule has 29 heavy (non-hydrogen) atoms. The molecule has 2 aromatic carbocycles. The van der Waals surface area contributed by atoms with Crippen LogP contribution in [-0.2, 0) is 28.1 Å². The van der Waals surface area contributed by atoms with Crippen LogP contribution in [0.15, 0.2) is 60.7 Å². The molecule has 0 saturated heterocycles. The summed E-state index contributed by atoms with van der Waals surface area (Å²) < 4.78 is 0. The Morgan fingerprint density at radius 1 is 0.931 bits per heavy atom. The molecule has 0 bridgehead atoms. The molecule has 1 amide bonds. The third-order valence-corrected chi connectivity index (χ3v) is 4.17. The fraction of sp³-hybridized carbons (Fsp3) is 0.333. The van der Waals surface area contributed by atoms with Gasteiger partial charge in [-0.15, -0.1) is 36.4 Å². The van der Waals surface area contributed by atoms with Crippen molar-refractivity contribution >= 4 is 48.3 Å². The summed E-state index contributed by atoms with van der Waals surface area (Å²) in [7, 11) is 0. The van der Waals surface area contributed by atoms with Gasteiger partial charge >= 0.3 is 5.97 Å². The Bertz CT molecular complexity index is 689. The van der Waals surface area contributed by atoms with E-state index < -0.39 is 17.9 Å². The molecule has 0 unspecified atom stereocenters. The number of nitrogens with zero attached hydrogens (tertiary/aromatic N) is 1. The van der Waals surface area contributed by atoms with Crippen molar-refractivity contribution in [2.45, 2.75) is 32.7 Å². The maximum atomic E-state index is 11.9. The average Bonchev–Trinajstić information content (AvgIpc) is 2.69. The van der Waals surface area contributed by atoms with Crippen LogP contribution in [0.4, 0.5) is 0 Å². The van der Waals surface area contributed by atoms with E-state index in [1.54, 1.807) is 11.8 Å². The summed E-state index contributed by atoms with van der Waals surface area (Å²) in [6.45, 7) is 7.00. The number of nitrogens with two attached hydrogens (primary N) is 1. The van der Waals surface area contributed by atoms with Gasteiger partial charge in [-0.3, -0.25) is 9.59 Å². The van der Waals surface area contributed by atoms with Crippen LogP contribution in [0.25, 0.3) is 0 Å². The van der Waals surface area contributed by atoms with E-state index in [0.29, 0.717) is 13.1 Å². The van der Waals surface area contributed by atoms with E-state index >= 15 is 0 Å². The Hall–Kier alpha value is -1.06. The standard InChI is InChI=1S/C12H18N2O.C9H10O2.ClH.HI.V/c1-3-14(4-2)12(15)11(13)10-8-6-5-7-9-10;1-7(9(10)11)8-5-3-2-4-6-8;;;/h5-9,11H,3-4,13H2,1-2H3;2-7H,1H3,(H,10,11);2*1H;/t11-;7-;;;/m00.../s1. The molecule has 0 aromatic heterocycles. The molecular weight excluding hydrogens is 542 g/mol. The molecule has 0 spiro atoms. The van der Waals surface area contributed by atoms with Gasteiger partial charge < -0.3 is 15.7 Å². The Labute approximate surface area is 208 Å². The first-order valence-electron chi connectivity index (χ1n) is 8.79. The number of amides is 1. The molecule has 3 N–H and O–H groups in total. The van der Waals surface area contributed by atoms with Crippen molar-refractivity contribution in [2.24, 2.45) is 5.73 Å². The molecule has 0 aliphatic carbocycles. The second kappa shape index (κ2) is 17.8. The zero-order valence-corrected chi connectivity index (χ0v) is 21.4. The summed E-state index contributed by atoms with van der Waals surface area (Å²) >= 11 is 0. The van der Waals surface area contributed by atoms with Gasteiger partial charge in [-0.1, -0.05) is 60.7 Å². The summed E-state index contributed by atoms with van der Waals surface area (Å²) in [5.41, 5.74) is 7.62. The number of hydrogen-bond acceptors (Lipinski definition) is 3. The van der Waals surface area contributed by atoms with Crippen LogP contribution in [0, 0.1) is 0 Å². The van der Waals surface area contributed by atoms with Gasteiger partial charge in [0, 0.05) is 31.6 Å². The predicted molar refractivity (Wildman–Crippen MR) is 126 cm³/mol. The number of carboxylic acid groups (broad SMARTS) is 1. The SMILES string of the molecule is CCN(CC)C(=O)[C@@H](N)c1ccccc1.C[C@H](C(=O)O)c1ccccc1.Cl.I.[V]. The molecule has 8 heteroatoms. The number of carbonyl (C=O) groups is 2. The van der Waals surface area contributed by atoms with E-state index in [-0.39, 0.29) is 60.8 Å². The quantitative estimate of drug-likeness (QED) is 0.502. The molecule has 0 aliphatic rings. The summed E-state index contributed by atoms with van der Waals surface area (Å²) in [5.74, 6) is -1.20. The fourth-order valence-corrected chi connectivity index (χ4v) is 2.42. The Morgan fingerprint density at radius 2 is 1.31 bits per heavy atom. The van der Waals surface area contributed by atoms with Crippen molar-refractivity contribution in [1.29, 1.82) is 0 Å². The maximum absolute atomic E-state index is 11.9. The maximum Gasteiger partial charge on any atom is 0.310 e.